The Hall–Kier alpha value is -1.45. The first-order valence-electron chi connectivity index (χ1n) is 3.81. The van der Waals surface area contributed by atoms with Crippen LogP contribution >= 0.6 is 11.3 Å². The second-order valence-electron chi connectivity index (χ2n) is 2.72. The van der Waals surface area contributed by atoms with Crippen LogP contribution in [0.2, 0.25) is 0 Å². The lowest BCUT2D eigenvalue weighted by atomic mass is 10.3. The van der Waals surface area contributed by atoms with Crippen LogP contribution in [0.5, 0.6) is 0 Å². The molecule has 0 radical (unpaired) electrons. The van der Waals surface area contributed by atoms with Crippen LogP contribution in [0.3, 0.4) is 0 Å². The van der Waals surface area contributed by atoms with Gasteiger partial charge in [0.2, 0.25) is 0 Å². The second-order valence-corrected chi connectivity index (χ2v) is 5.63. The molecule has 0 spiro atoms. The van der Waals surface area contributed by atoms with Gasteiger partial charge in [-0.05, 0) is 17.5 Å². The number of hydrogen-bond acceptors (Lipinski definition) is 4. The molecule has 0 saturated heterocycles. The molecule has 0 atom stereocenters. The second kappa shape index (κ2) is 4.38. The fourth-order valence-corrected chi connectivity index (χ4v) is 2.25. The lowest BCUT2D eigenvalue weighted by Gasteiger charge is -1.93. The minimum atomic E-state index is -3.52. The van der Waals surface area contributed by atoms with E-state index in [4.69, 9.17) is 6.57 Å². The highest BCUT2D eigenvalue weighted by Gasteiger charge is 2.13. The summed E-state index contributed by atoms with van der Waals surface area (Å²) in [4.78, 5) is 14.0. The van der Waals surface area contributed by atoms with Crippen molar-refractivity contribution in [3.8, 4) is 0 Å². The lowest BCUT2D eigenvalue weighted by Crippen LogP contribution is -1.96. The summed E-state index contributed by atoms with van der Waals surface area (Å²) in [7, 11) is -3.52. The standard InChI is InChI=1S/C9H7NO3S2/c1-10-9(15(2,12)13)5-8-7(6-11)3-4-14-8/h3-6H,2H3. The predicted octanol–water partition coefficient (Wildman–Crippen LogP) is 1.82. The van der Waals surface area contributed by atoms with E-state index in [-0.39, 0.29) is 5.03 Å². The number of rotatable bonds is 3. The molecule has 1 aromatic rings. The van der Waals surface area contributed by atoms with Crippen molar-refractivity contribution in [1.29, 1.82) is 0 Å². The van der Waals surface area contributed by atoms with Crippen molar-refractivity contribution in [3.63, 3.8) is 0 Å². The molecule has 0 saturated carbocycles. The van der Waals surface area contributed by atoms with Gasteiger partial charge in [0.15, 0.2) is 16.1 Å². The van der Waals surface area contributed by atoms with E-state index in [0.29, 0.717) is 16.7 Å². The van der Waals surface area contributed by atoms with Crippen LogP contribution < -0.4 is 0 Å². The fraction of sp³-hybridized carbons (Fsp3) is 0.111. The average molecular weight is 241 g/mol. The van der Waals surface area contributed by atoms with Crippen molar-refractivity contribution in [2.75, 3.05) is 6.26 Å². The van der Waals surface area contributed by atoms with Gasteiger partial charge in [-0.25, -0.2) is 13.3 Å². The van der Waals surface area contributed by atoms with Gasteiger partial charge in [-0.3, -0.25) is 4.79 Å². The first-order chi connectivity index (χ1) is 6.99. The van der Waals surface area contributed by atoms with E-state index < -0.39 is 9.84 Å². The van der Waals surface area contributed by atoms with Crippen molar-refractivity contribution < 1.29 is 13.2 Å². The summed E-state index contributed by atoms with van der Waals surface area (Å²) in [6, 6.07) is 1.58. The van der Waals surface area contributed by atoms with E-state index >= 15 is 0 Å². The van der Waals surface area contributed by atoms with Crippen LogP contribution in [-0.4, -0.2) is 21.0 Å². The quantitative estimate of drug-likeness (QED) is 0.599. The minimum Gasteiger partial charge on any atom is -0.298 e. The van der Waals surface area contributed by atoms with Crippen LogP contribution in [-0.2, 0) is 9.84 Å². The average Bonchev–Trinajstić information content (AvgIpc) is 2.59. The molecular formula is C9H7NO3S2. The molecule has 78 valence electrons. The summed E-state index contributed by atoms with van der Waals surface area (Å²) in [6.07, 6.45) is 2.81. The van der Waals surface area contributed by atoms with E-state index in [2.05, 4.69) is 4.85 Å². The van der Waals surface area contributed by atoms with Crippen molar-refractivity contribution in [1.82, 2.24) is 0 Å². The zero-order valence-electron chi connectivity index (χ0n) is 7.80. The molecule has 4 nitrogen and oxygen atoms in total. The zero-order chi connectivity index (χ0) is 11.5. The SMILES string of the molecule is [C-]#[N+]C(=Cc1sccc1C=O)S(C)(=O)=O. The number of aldehydes is 1. The number of carbonyl (C=O) groups excluding carboxylic acids is 1. The first kappa shape index (κ1) is 11.6. The maximum Gasteiger partial charge on any atom is 0.279 e. The van der Waals surface area contributed by atoms with Gasteiger partial charge in [0, 0.05) is 16.7 Å². The van der Waals surface area contributed by atoms with Gasteiger partial charge in [0.05, 0.1) is 6.57 Å². The largest absolute Gasteiger partial charge is 0.298 e. The third-order valence-corrected chi connectivity index (χ3v) is 3.45. The molecule has 0 amide bonds. The lowest BCUT2D eigenvalue weighted by molar-refractivity contribution is 0.112. The summed E-state index contributed by atoms with van der Waals surface area (Å²) in [6.45, 7) is 6.74. The fourth-order valence-electron chi connectivity index (χ4n) is 0.880. The molecule has 15 heavy (non-hydrogen) atoms. The highest BCUT2D eigenvalue weighted by atomic mass is 32.2. The van der Waals surface area contributed by atoms with Gasteiger partial charge in [0.1, 0.15) is 0 Å². The summed E-state index contributed by atoms with van der Waals surface area (Å²) >= 11 is 1.22. The molecule has 1 rings (SSSR count). The van der Waals surface area contributed by atoms with Gasteiger partial charge >= 0.3 is 0 Å². The van der Waals surface area contributed by atoms with E-state index in [0.717, 1.165) is 6.26 Å². The van der Waals surface area contributed by atoms with E-state index in [1.165, 1.54) is 17.4 Å². The van der Waals surface area contributed by atoms with Gasteiger partial charge in [-0.2, -0.15) is 0 Å². The van der Waals surface area contributed by atoms with Crippen LogP contribution in [0, 0.1) is 6.57 Å². The maximum absolute atomic E-state index is 11.1. The monoisotopic (exact) mass is 241 g/mol. The summed E-state index contributed by atoms with van der Waals surface area (Å²) in [5, 5.41) is 1.31. The molecule has 0 unspecified atom stereocenters. The molecule has 0 fully saturated rings. The Kier molecular flexibility index (Phi) is 3.39. The van der Waals surface area contributed by atoms with Crippen molar-refractivity contribution in [2.24, 2.45) is 0 Å². The van der Waals surface area contributed by atoms with Crippen molar-refractivity contribution >= 4 is 33.5 Å². The van der Waals surface area contributed by atoms with Crippen LogP contribution in [0.1, 0.15) is 15.2 Å². The van der Waals surface area contributed by atoms with Crippen LogP contribution in [0.15, 0.2) is 16.5 Å². The van der Waals surface area contributed by atoms with E-state index in [1.54, 1.807) is 11.4 Å². The van der Waals surface area contributed by atoms with Gasteiger partial charge in [-0.1, -0.05) is 0 Å². The van der Waals surface area contributed by atoms with Crippen LogP contribution in [0.25, 0.3) is 10.9 Å². The normalized spacial score (nSPS) is 12.1. The third-order valence-electron chi connectivity index (χ3n) is 1.60. The molecule has 0 aromatic carbocycles. The zero-order valence-corrected chi connectivity index (χ0v) is 9.43. The summed E-state index contributed by atoms with van der Waals surface area (Å²) in [5.41, 5.74) is 0.393. The smallest absolute Gasteiger partial charge is 0.279 e. The van der Waals surface area contributed by atoms with E-state index in [1.807, 2.05) is 0 Å². The van der Waals surface area contributed by atoms with Gasteiger partial charge in [0.25, 0.3) is 5.03 Å². The molecule has 0 N–H and O–H groups in total. The molecule has 0 aliphatic heterocycles. The molecule has 0 bridgehead atoms. The Labute approximate surface area is 91.6 Å². The Bertz CT molecular complexity index is 546. The number of nitrogens with zero attached hydrogens (tertiary/aromatic N) is 1. The highest BCUT2D eigenvalue weighted by molar-refractivity contribution is 7.94. The first-order valence-corrected chi connectivity index (χ1v) is 6.58. The number of thiophene rings is 1. The minimum absolute atomic E-state index is 0.354. The molecule has 6 heteroatoms. The number of sulfone groups is 1. The Morgan fingerprint density at radius 3 is 2.73 bits per heavy atom. The van der Waals surface area contributed by atoms with E-state index in [9.17, 15) is 13.2 Å². The Morgan fingerprint density at radius 2 is 2.27 bits per heavy atom. The molecule has 1 heterocycles. The number of carbonyl (C=O) groups is 1. The molecule has 0 aliphatic carbocycles. The highest BCUT2D eigenvalue weighted by Crippen LogP contribution is 2.21. The van der Waals surface area contributed by atoms with Crippen LogP contribution in [0.4, 0.5) is 0 Å². The molecular weight excluding hydrogens is 234 g/mol. The maximum atomic E-state index is 11.1. The predicted molar refractivity (Wildman–Crippen MR) is 59.1 cm³/mol. The van der Waals surface area contributed by atoms with Crippen molar-refractivity contribution in [3.05, 3.63) is 38.3 Å². The summed E-state index contributed by atoms with van der Waals surface area (Å²) < 4.78 is 22.2. The summed E-state index contributed by atoms with van der Waals surface area (Å²) in [5.74, 6) is 0. The van der Waals surface area contributed by atoms with Gasteiger partial charge in [-0.15, -0.1) is 11.3 Å². The van der Waals surface area contributed by atoms with Crippen molar-refractivity contribution in [2.45, 2.75) is 0 Å². The number of hydrogen-bond donors (Lipinski definition) is 0. The Morgan fingerprint density at radius 1 is 1.60 bits per heavy atom. The Balaban J connectivity index is 3.28. The molecule has 0 aliphatic rings. The third kappa shape index (κ3) is 2.75. The van der Waals surface area contributed by atoms with Gasteiger partial charge < -0.3 is 0 Å². The topological polar surface area (TPSA) is 55.6 Å². The molecule has 1 aromatic heterocycles.